The summed E-state index contributed by atoms with van der Waals surface area (Å²) in [5, 5.41) is 0. The van der Waals surface area contributed by atoms with Crippen molar-refractivity contribution in [1.82, 2.24) is 0 Å². The zero-order valence-electron chi connectivity index (χ0n) is 11.3. The minimum atomic E-state index is -0.130. The van der Waals surface area contributed by atoms with Crippen LogP contribution >= 0.6 is 0 Å². The second kappa shape index (κ2) is 6.16. The molecule has 2 heterocycles. The van der Waals surface area contributed by atoms with Crippen LogP contribution in [0.3, 0.4) is 0 Å². The summed E-state index contributed by atoms with van der Waals surface area (Å²) in [7, 11) is 0. The van der Waals surface area contributed by atoms with Crippen LogP contribution in [0.25, 0.3) is 0 Å². The lowest BCUT2D eigenvalue weighted by Gasteiger charge is -2.25. The first-order chi connectivity index (χ1) is 9.33. The lowest BCUT2D eigenvalue weighted by atomic mass is 10.0. The van der Waals surface area contributed by atoms with Crippen LogP contribution in [0.2, 0.25) is 0 Å². The molecule has 0 spiro atoms. The molecule has 2 fully saturated rings. The molecule has 19 heavy (non-hydrogen) atoms. The highest BCUT2D eigenvalue weighted by Crippen LogP contribution is 2.29. The van der Waals surface area contributed by atoms with Crippen molar-refractivity contribution in [2.24, 2.45) is 0 Å². The van der Waals surface area contributed by atoms with Gasteiger partial charge >= 0.3 is 0 Å². The van der Waals surface area contributed by atoms with E-state index < -0.39 is 0 Å². The van der Waals surface area contributed by atoms with Gasteiger partial charge in [-0.15, -0.1) is 0 Å². The highest BCUT2D eigenvalue weighted by Gasteiger charge is 2.33. The number of ketones is 1. The first-order valence-electron chi connectivity index (χ1n) is 7.46. The van der Waals surface area contributed by atoms with Gasteiger partial charge in [-0.25, -0.2) is 0 Å². The van der Waals surface area contributed by atoms with Gasteiger partial charge in [-0.05, 0) is 44.6 Å². The largest absolute Gasteiger partial charge is 0.373 e. The fourth-order valence-corrected chi connectivity index (χ4v) is 3.03. The number of hydrogen-bond donors (Lipinski definition) is 0. The second-order valence-corrected chi connectivity index (χ2v) is 5.58. The van der Waals surface area contributed by atoms with E-state index in [1.807, 2.05) is 6.08 Å². The van der Waals surface area contributed by atoms with E-state index in [2.05, 4.69) is 0 Å². The maximum absolute atomic E-state index is 12.1. The lowest BCUT2D eigenvalue weighted by molar-refractivity contribution is -0.178. The molecule has 3 rings (SSSR count). The van der Waals surface area contributed by atoms with E-state index in [1.54, 1.807) is 0 Å². The molecule has 0 radical (unpaired) electrons. The fraction of sp³-hybridized carbons (Fsp3) is 0.800. The van der Waals surface area contributed by atoms with Crippen LogP contribution in [0.1, 0.15) is 44.9 Å². The van der Waals surface area contributed by atoms with E-state index >= 15 is 0 Å². The summed E-state index contributed by atoms with van der Waals surface area (Å²) in [4.78, 5) is 12.1. The van der Waals surface area contributed by atoms with Crippen LogP contribution < -0.4 is 0 Å². The molecule has 1 aliphatic carbocycles. The maximum Gasteiger partial charge on any atom is 0.164 e. The molecule has 0 aromatic carbocycles. The number of rotatable bonds is 3. The third-order valence-electron chi connectivity index (χ3n) is 4.07. The monoisotopic (exact) mass is 266 g/mol. The smallest absolute Gasteiger partial charge is 0.164 e. The van der Waals surface area contributed by atoms with Crippen LogP contribution in [0.5, 0.6) is 0 Å². The summed E-state index contributed by atoms with van der Waals surface area (Å²) in [6, 6.07) is 0. The van der Waals surface area contributed by atoms with Gasteiger partial charge < -0.3 is 14.2 Å². The molecule has 0 amide bonds. The minimum Gasteiger partial charge on any atom is -0.373 e. The predicted molar refractivity (Wildman–Crippen MR) is 69.8 cm³/mol. The van der Waals surface area contributed by atoms with Crippen molar-refractivity contribution in [3.05, 3.63) is 11.6 Å². The van der Waals surface area contributed by atoms with E-state index in [1.165, 1.54) is 0 Å². The highest BCUT2D eigenvalue weighted by molar-refractivity contribution is 5.99. The zero-order valence-corrected chi connectivity index (χ0v) is 11.3. The number of Topliss-reactive ketones (excluding diaryl/α,β-unsaturated/α-hetero) is 1. The van der Waals surface area contributed by atoms with Crippen molar-refractivity contribution < 1.29 is 19.0 Å². The summed E-state index contributed by atoms with van der Waals surface area (Å²) in [6.07, 6.45) is 8.59. The van der Waals surface area contributed by atoms with E-state index in [0.717, 1.165) is 57.3 Å². The number of hydrogen-bond acceptors (Lipinski definition) is 4. The van der Waals surface area contributed by atoms with Gasteiger partial charge in [0, 0.05) is 25.2 Å². The van der Waals surface area contributed by atoms with Crippen LogP contribution in [0, 0.1) is 0 Å². The van der Waals surface area contributed by atoms with E-state index in [0.29, 0.717) is 6.42 Å². The van der Waals surface area contributed by atoms with Crippen molar-refractivity contribution in [1.29, 1.82) is 0 Å². The molecule has 0 bridgehead atoms. The minimum absolute atomic E-state index is 0.00197. The Morgan fingerprint density at radius 2 is 1.84 bits per heavy atom. The number of carbonyl (C=O) groups excluding carboxylic acids is 1. The first kappa shape index (κ1) is 13.3. The van der Waals surface area contributed by atoms with E-state index in [4.69, 9.17) is 14.2 Å². The topological polar surface area (TPSA) is 44.8 Å². The Labute approximate surface area is 114 Å². The summed E-state index contributed by atoms with van der Waals surface area (Å²) in [5.74, 6) is 0.188. The van der Waals surface area contributed by atoms with Gasteiger partial charge in [-0.3, -0.25) is 4.79 Å². The van der Waals surface area contributed by atoms with Crippen LogP contribution in [-0.2, 0) is 19.0 Å². The quantitative estimate of drug-likeness (QED) is 0.786. The van der Waals surface area contributed by atoms with Gasteiger partial charge in [0.05, 0.1) is 12.2 Å². The highest BCUT2D eigenvalue weighted by atomic mass is 16.7. The summed E-state index contributed by atoms with van der Waals surface area (Å²) in [6.45, 7) is 1.54. The molecule has 0 aromatic rings. The van der Waals surface area contributed by atoms with Gasteiger partial charge in [0.1, 0.15) is 0 Å². The molecule has 3 unspecified atom stereocenters. The predicted octanol–water partition coefficient (Wildman–Crippen LogP) is 2.37. The number of ether oxygens (including phenoxy) is 3. The standard InChI is InChI=1S/C15H22O4/c16-13-10-11(19-15-6-2-4-8-18-15)9-12(13)14-5-1-3-7-17-14/h9,11,14-15H,1-8,10H2. The van der Waals surface area contributed by atoms with E-state index in [-0.39, 0.29) is 24.3 Å². The molecule has 4 nitrogen and oxygen atoms in total. The van der Waals surface area contributed by atoms with Gasteiger partial charge in [0.2, 0.25) is 0 Å². The molecule has 0 N–H and O–H groups in total. The van der Waals surface area contributed by atoms with E-state index in [9.17, 15) is 4.79 Å². The third kappa shape index (κ3) is 3.25. The van der Waals surface area contributed by atoms with Crippen LogP contribution in [0.15, 0.2) is 11.6 Å². The molecular weight excluding hydrogens is 244 g/mol. The molecular formula is C15H22O4. The van der Waals surface area contributed by atoms with Gasteiger partial charge in [-0.1, -0.05) is 0 Å². The summed E-state index contributed by atoms with van der Waals surface area (Å²) < 4.78 is 17.1. The zero-order chi connectivity index (χ0) is 13.1. The normalized spacial score (nSPS) is 36.3. The molecule has 2 aliphatic heterocycles. The van der Waals surface area contributed by atoms with Crippen molar-refractivity contribution in [3.8, 4) is 0 Å². The van der Waals surface area contributed by atoms with Crippen LogP contribution in [0.4, 0.5) is 0 Å². The Hall–Kier alpha value is -0.710. The van der Waals surface area contributed by atoms with Gasteiger partial charge in [0.15, 0.2) is 12.1 Å². The second-order valence-electron chi connectivity index (χ2n) is 5.58. The van der Waals surface area contributed by atoms with Crippen LogP contribution in [-0.4, -0.2) is 37.5 Å². The Balaban J connectivity index is 1.58. The Morgan fingerprint density at radius 1 is 1.05 bits per heavy atom. The maximum atomic E-state index is 12.1. The van der Waals surface area contributed by atoms with Crippen molar-refractivity contribution in [2.45, 2.75) is 63.4 Å². The van der Waals surface area contributed by atoms with Gasteiger partial charge in [-0.2, -0.15) is 0 Å². The molecule has 3 aliphatic rings. The Kier molecular flexibility index (Phi) is 4.31. The first-order valence-corrected chi connectivity index (χ1v) is 7.46. The third-order valence-corrected chi connectivity index (χ3v) is 4.07. The number of carbonyl (C=O) groups is 1. The lowest BCUT2D eigenvalue weighted by Crippen LogP contribution is -2.26. The molecule has 0 saturated carbocycles. The van der Waals surface area contributed by atoms with Crippen molar-refractivity contribution in [2.75, 3.05) is 13.2 Å². The summed E-state index contributed by atoms with van der Waals surface area (Å²) in [5.41, 5.74) is 0.834. The average molecular weight is 266 g/mol. The SMILES string of the molecule is O=C1CC(OC2CCCCO2)C=C1C1CCCCO1. The summed E-state index contributed by atoms with van der Waals surface area (Å²) >= 11 is 0. The van der Waals surface area contributed by atoms with Crippen molar-refractivity contribution >= 4 is 5.78 Å². The Morgan fingerprint density at radius 3 is 2.53 bits per heavy atom. The van der Waals surface area contributed by atoms with Crippen molar-refractivity contribution in [3.63, 3.8) is 0 Å². The Bertz CT molecular complexity index is 351. The van der Waals surface area contributed by atoms with Gasteiger partial charge in [0.25, 0.3) is 0 Å². The fourth-order valence-electron chi connectivity index (χ4n) is 3.03. The molecule has 2 saturated heterocycles. The molecule has 4 heteroatoms. The molecule has 3 atom stereocenters. The molecule has 106 valence electrons. The molecule has 0 aromatic heterocycles. The average Bonchev–Trinajstić information content (AvgIpc) is 2.82.